The van der Waals surface area contributed by atoms with Crippen LogP contribution in [0.4, 0.5) is 0 Å². The Morgan fingerprint density at radius 3 is 2.68 bits per heavy atom. The summed E-state index contributed by atoms with van der Waals surface area (Å²) in [4.78, 5) is 22.5. The van der Waals surface area contributed by atoms with Crippen LogP contribution in [0.25, 0.3) is 0 Å². The lowest BCUT2D eigenvalue weighted by atomic mass is 10.1. The van der Waals surface area contributed by atoms with Crippen molar-refractivity contribution in [1.29, 1.82) is 0 Å². The van der Waals surface area contributed by atoms with E-state index in [1.807, 2.05) is 30.3 Å². The molecule has 22 heavy (non-hydrogen) atoms. The summed E-state index contributed by atoms with van der Waals surface area (Å²) in [6.45, 7) is 0. The SMILES string of the molecule is N[C@]1(C(=O)OC2=CCC([N+](=O)[O-])C=C2)CC1c1ccccc1. The Labute approximate surface area is 127 Å². The number of hydrogen-bond donors (Lipinski definition) is 1. The zero-order valence-corrected chi connectivity index (χ0v) is 11.8. The summed E-state index contributed by atoms with van der Waals surface area (Å²) in [6, 6.07) is 8.84. The highest BCUT2D eigenvalue weighted by Crippen LogP contribution is 2.50. The predicted octanol–water partition coefficient (Wildman–Crippen LogP) is 1.90. The van der Waals surface area contributed by atoms with Crippen molar-refractivity contribution >= 4 is 5.97 Å². The third-order valence-electron chi connectivity index (χ3n) is 4.11. The Morgan fingerprint density at radius 2 is 2.09 bits per heavy atom. The fourth-order valence-electron chi connectivity index (χ4n) is 2.63. The van der Waals surface area contributed by atoms with Gasteiger partial charge < -0.3 is 10.5 Å². The van der Waals surface area contributed by atoms with Crippen LogP contribution in [0.2, 0.25) is 0 Å². The zero-order valence-electron chi connectivity index (χ0n) is 11.8. The number of nitro groups is 1. The van der Waals surface area contributed by atoms with Crippen LogP contribution in [0.3, 0.4) is 0 Å². The molecule has 2 unspecified atom stereocenters. The molecule has 2 N–H and O–H groups in total. The number of ether oxygens (including phenoxy) is 1. The number of hydrogen-bond acceptors (Lipinski definition) is 5. The van der Waals surface area contributed by atoms with E-state index < -0.39 is 17.6 Å². The number of allylic oxidation sites excluding steroid dienone is 1. The van der Waals surface area contributed by atoms with Gasteiger partial charge in [0.1, 0.15) is 11.3 Å². The first-order valence-corrected chi connectivity index (χ1v) is 7.08. The molecule has 0 saturated heterocycles. The monoisotopic (exact) mass is 300 g/mol. The number of benzene rings is 1. The standard InChI is InChI=1S/C16H16N2O4/c17-16(10-14(16)11-4-2-1-3-5-11)15(19)22-13-8-6-12(7-9-13)18(20)21/h1-6,8-9,12,14H,7,10,17H2/t12?,14?,16-/m1/s1. The summed E-state index contributed by atoms with van der Waals surface area (Å²) in [5.74, 6) is -0.204. The lowest BCUT2D eigenvalue weighted by Gasteiger charge is -2.14. The highest BCUT2D eigenvalue weighted by Gasteiger charge is 2.59. The van der Waals surface area contributed by atoms with E-state index in [4.69, 9.17) is 10.5 Å². The van der Waals surface area contributed by atoms with Gasteiger partial charge in [-0.1, -0.05) is 30.3 Å². The number of rotatable bonds is 4. The third-order valence-corrected chi connectivity index (χ3v) is 4.11. The maximum atomic E-state index is 12.2. The minimum atomic E-state index is -1.00. The smallest absolute Gasteiger partial charge is 0.332 e. The maximum Gasteiger partial charge on any atom is 0.332 e. The molecule has 6 heteroatoms. The molecule has 1 aromatic carbocycles. The van der Waals surface area contributed by atoms with Gasteiger partial charge in [-0.3, -0.25) is 10.1 Å². The highest BCUT2D eigenvalue weighted by atomic mass is 16.6. The average Bonchev–Trinajstić information content (AvgIpc) is 3.22. The van der Waals surface area contributed by atoms with E-state index >= 15 is 0 Å². The first kappa shape index (κ1) is 14.5. The van der Waals surface area contributed by atoms with Gasteiger partial charge in [0, 0.05) is 17.3 Å². The van der Waals surface area contributed by atoms with Crippen molar-refractivity contribution in [1.82, 2.24) is 0 Å². The van der Waals surface area contributed by atoms with Crippen molar-refractivity contribution in [3.8, 4) is 0 Å². The molecule has 1 fully saturated rings. The molecule has 0 spiro atoms. The summed E-state index contributed by atoms with van der Waals surface area (Å²) in [6.07, 6.45) is 5.19. The van der Waals surface area contributed by atoms with Crippen LogP contribution in [-0.2, 0) is 9.53 Å². The molecule has 1 saturated carbocycles. The topological polar surface area (TPSA) is 95.5 Å². The van der Waals surface area contributed by atoms with Crippen LogP contribution < -0.4 is 5.73 Å². The van der Waals surface area contributed by atoms with Gasteiger partial charge >= 0.3 is 5.97 Å². The minimum Gasteiger partial charge on any atom is -0.426 e. The first-order chi connectivity index (χ1) is 10.5. The van der Waals surface area contributed by atoms with Gasteiger partial charge in [0.05, 0.1) is 0 Å². The molecule has 0 amide bonds. The highest BCUT2D eigenvalue weighted by molar-refractivity contribution is 5.87. The van der Waals surface area contributed by atoms with E-state index in [0.717, 1.165) is 5.56 Å². The number of carbonyl (C=O) groups excluding carboxylic acids is 1. The Bertz CT molecular complexity index is 668. The van der Waals surface area contributed by atoms with Crippen molar-refractivity contribution in [3.63, 3.8) is 0 Å². The number of nitrogens with two attached hydrogens (primary N) is 1. The number of carbonyl (C=O) groups is 1. The maximum absolute atomic E-state index is 12.2. The largest absolute Gasteiger partial charge is 0.426 e. The quantitative estimate of drug-likeness (QED) is 0.520. The van der Waals surface area contributed by atoms with E-state index in [1.54, 1.807) is 6.08 Å². The van der Waals surface area contributed by atoms with Gasteiger partial charge in [0.25, 0.3) is 0 Å². The second kappa shape index (κ2) is 5.38. The van der Waals surface area contributed by atoms with Gasteiger partial charge in [0.2, 0.25) is 6.04 Å². The van der Waals surface area contributed by atoms with E-state index in [9.17, 15) is 14.9 Å². The molecule has 2 aliphatic rings. The van der Waals surface area contributed by atoms with Gasteiger partial charge in [-0.15, -0.1) is 0 Å². The summed E-state index contributed by atoms with van der Waals surface area (Å²) < 4.78 is 5.29. The molecule has 0 aromatic heterocycles. The molecular weight excluding hydrogens is 284 g/mol. The van der Waals surface area contributed by atoms with Crippen LogP contribution in [0, 0.1) is 10.1 Å². The second-order valence-electron chi connectivity index (χ2n) is 5.65. The van der Waals surface area contributed by atoms with Crippen LogP contribution in [-0.4, -0.2) is 22.5 Å². The summed E-state index contributed by atoms with van der Waals surface area (Å²) in [7, 11) is 0. The molecule has 0 aliphatic heterocycles. The van der Waals surface area contributed by atoms with Gasteiger partial charge in [-0.2, -0.15) is 0 Å². The molecule has 2 aliphatic carbocycles. The fraction of sp³-hybridized carbons (Fsp3) is 0.312. The van der Waals surface area contributed by atoms with Crippen molar-refractivity contribution < 1.29 is 14.5 Å². The molecule has 0 radical (unpaired) electrons. The van der Waals surface area contributed by atoms with E-state index in [1.165, 1.54) is 12.2 Å². The Hall–Kier alpha value is -2.47. The second-order valence-corrected chi connectivity index (χ2v) is 5.65. The van der Waals surface area contributed by atoms with Crippen LogP contribution in [0.5, 0.6) is 0 Å². The molecule has 6 nitrogen and oxygen atoms in total. The number of nitrogens with zero attached hydrogens (tertiary/aromatic N) is 1. The lowest BCUT2D eigenvalue weighted by molar-refractivity contribution is -0.508. The lowest BCUT2D eigenvalue weighted by Crippen LogP contribution is -2.36. The molecule has 0 bridgehead atoms. The van der Waals surface area contributed by atoms with Crippen molar-refractivity contribution in [3.05, 3.63) is 70.0 Å². The summed E-state index contributed by atoms with van der Waals surface area (Å²) in [5.41, 5.74) is 6.14. The predicted molar refractivity (Wildman–Crippen MR) is 79.4 cm³/mol. The Kier molecular flexibility index (Phi) is 3.54. The summed E-state index contributed by atoms with van der Waals surface area (Å²) in [5, 5.41) is 10.6. The van der Waals surface area contributed by atoms with Crippen molar-refractivity contribution in [2.75, 3.05) is 0 Å². The van der Waals surface area contributed by atoms with Gasteiger partial charge in [-0.05, 0) is 30.2 Å². The molecule has 1 aromatic rings. The molecule has 3 atom stereocenters. The van der Waals surface area contributed by atoms with Crippen molar-refractivity contribution in [2.24, 2.45) is 5.73 Å². The Morgan fingerprint density at radius 1 is 1.36 bits per heavy atom. The zero-order chi connectivity index (χ0) is 15.7. The minimum absolute atomic E-state index is 0.0408. The normalized spacial score (nSPS) is 29.6. The Balaban J connectivity index is 1.62. The fourth-order valence-corrected chi connectivity index (χ4v) is 2.63. The van der Waals surface area contributed by atoms with E-state index in [0.29, 0.717) is 12.2 Å². The van der Waals surface area contributed by atoms with Gasteiger partial charge in [-0.25, -0.2) is 4.79 Å². The summed E-state index contributed by atoms with van der Waals surface area (Å²) >= 11 is 0. The van der Waals surface area contributed by atoms with Gasteiger partial charge in [0.15, 0.2) is 0 Å². The molecule has 114 valence electrons. The molecule has 0 heterocycles. The van der Waals surface area contributed by atoms with Crippen LogP contribution >= 0.6 is 0 Å². The first-order valence-electron chi connectivity index (χ1n) is 7.08. The van der Waals surface area contributed by atoms with Crippen LogP contribution in [0.1, 0.15) is 24.3 Å². The van der Waals surface area contributed by atoms with E-state index in [-0.39, 0.29) is 17.3 Å². The molecule has 3 rings (SSSR count). The van der Waals surface area contributed by atoms with Crippen LogP contribution in [0.15, 0.2) is 54.3 Å². The molecular formula is C16H16N2O4. The average molecular weight is 300 g/mol. The number of esters is 1. The van der Waals surface area contributed by atoms with Crippen molar-refractivity contribution in [2.45, 2.75) is 30.3 Å². The third kappa shape index (κ3) is 2.65. The van der Waals surface area contributed by atoms with E-state index in [2.05, 4.69) is 0 Å².